The van der Waals surface area contributed by atoms with Crippen LogP contribution in [0, 0.1) is 12.4 Å². The molecule has 35 heavy (non-hydrogen) atoms. The maximum Gasteiger partial charge on any atom is 2.00 e. The molecule has 3 aromatic heterocycles. The van der Waals surface area contributed by atoms with Gasteiger partial charge in [0.15, 0.2) is 0 Å². The molecular weight excluding hydrogens is 634 g/mol. The summed E-state index contributed by atoms with van der Waals surface area (Å²) in [6.07, 6.45) is -1.56. The van der Waals surface area contributed by atoms with Crippen LogP contribution in [0.15, 0.2) is 54.6 Å². The van der Waals surface area contributed by atoms with Crippen molar-refractivity contribution in [3.8, 4) is 17.1 Å². The standard InChI is InChI=1S/C26H24F3N5.Pt/c1-24(2,3)23-30-16-34(33-23)22-14-8-13-21(32-22)25(4,5)20-12-7-11-19(31-20)17-9-6-10-18(15-17)26(27,28)29;/h6-8,10-15H,1-5H3;/q-2;+2. The van der Waals surface area contributed by atoms with E-state index in [0.717, 1.165) is 17.8 Å². The van der Waals surface area contributed by atoms with E-state index in [9.17, 15) is 13.2 Å². The minimum absolute atomic E-state index is 0. The Bertz CT molecular complexity index is 1320. The van der Waals surface area contributed by atoms with Gasteiger partial charge in [-0.2, -0.15) is 13.2 Å². The van der Waals surface area contributed by atoms with Gasteiger partial charge >= 0.3 is 27.2 Å². The second-order valence-electron chi connectivity index (χ2n) is 9.60. The minimum atomic E-state index is -4.43. The summed E-state index contributed by atoms with van der Waals surface area (Å²) in [5.74, 6) is 1.22. The van der Waals surface area contributed by atoms with Crippen molar-refractivity contribution in [1.82, 2.24) is 24.7 Å². The van der Waals surface area contributed by atoms with Crippen LogP contribution in [-0.4, -0.2) is 24.7 Å². The molecule has 0 aliphatic rings. The molecule has 0 spiro atoms. The quantitative estimate of drug-likeness (QED) is 0.254. The predicted molar refractivity (Wildman–Crippen MR) is 122 cm³/mol. The smallest absolute Gasteiger partial charge is 0.349 e. The van der Waals surface area contributed by atoms with Gasteiger partial charge in [-0.3, -0.25) is 4.98 Å². The van der Waals surface area contributed by atoms with E-state index in [1.54, 1.807) is 12.1 Å². The maximum absolute atomic E-state index is 13.2. The van der Waals surface area contributed by atoms with Crippen LogP contribution in [0.1, 0.15) is 57.4 Å². The zero-order valence-electron chi connectivity index (χ0n) is 19.9. The number of hydrogen-bond donors (Lipinski definition) is 0. The van der Waals surface area contributed by atoms with Crippen molar-refractivity contribution in [2.75, 3.05) is 0 Å². The number of rotatable bonds is 4. The molecule has 0 radical (unpaired) electrons. The number of aromatic nitrogens is 5. The Morgan fingerprint density at radius 2 is 1.51 bits per heavy atom. The number of hydrogen-bond acceptors (Lipinski definition) is 4. The first kappa shape index (κ1) is 26.7. The van der Waals surface area contributed by atoms with E-state index in [0.29, 0.717) is 23.0 Å². The summed E-state index contributed by atoms with van der Waals surface area (Å²) in [5, 5.41) is 4.51. The van der Waals surface area contributed by atoms with Gasteiger partial charge in [0.1, 0.15) is 0 Å². The molecule has 0 N–H and O–H groups in total. The molecule has 184 valence electrons. The minimum Gasteiger partial charge on any atom is -0.349 e. The van der Waals surface area contributed by atoms with Crippen molar-refractivity contribution in [3.63, 3.8) is 0 Å². The molecule has 0 atom stereocenters. The first-order valence-electron chi connectivity index (χ1n) is 10.8. The van der Waals surface area contributed by atoms with E-state index in [1.807, 2.05) is 58.9 Å². The number of alkyl halides is 3. The van der Waals surface area contributed by atoms with Crippen LogP contribution >= 0.6 is 0 Å². The summed E-state index contributed by atoms with van der Waals surface area (Å²) in [6.45, 7) is 10.00. The molecule has 4 rings (SSSR count). The molecule has 1 aromatic carbocycles. The third-order valence-corrected chi connectivity index (χ3v) is 5.50. The van der Waals surface area contributed by atoms with Gasteiger partial charge in [-0.25, -0.2) is 5.10 Å². The third-order valence-electron chi connectivity index (χ3n) is 5.50. The Labute approximate surface area is 217 Å². The van der Waals surface area contributed by atoms with Gasteiger partial charge in [0.2, 0.25) is 0 Å². The largest absolute Gasteiger partial charge is 2.00 e. The number of benzene rings is 1. The monoisotopic (exact) mass is 658 g/mol. The normalized spacial score (nSPS) is 12.3. The Hall–Kier alpha value is -2.86. The summed E-state index contributed by atoms with van der Waals surface area (Å²) >= 11 is 0. The first-order chi connectivity index (χ1) is 15.9. The average Bonchev–Trinajstić information content (AvgIpc) is 3.30. The molecule has 0 fully saturated rings. The predicted octanol–water partition coefficient (Wildman–Crippen LogP) is 5.96. The molecule has 0 bridgehead atoms. The summed E-state index contributed by atoms with van der Waals surface area (Å²) in [6, 6.07) is 17.0. The van der Waals surface area contributed by atoms with Crippen molar-refractivity contribution < 1.29 is 34.2 Å². The van der Waals surface area contributed by atoms with Crippen LogP contribution in [0.25, 0.3) is 17.1 Å². The Balaban J connectivity index is 0.00000342. The van der Waals surface area contributed by atoms with E-state index in [-0.39, 0.29) is 32.0 Å². The maximum atomic E-state index is 13.2. The first-order valence-corrected chi connectivity index (χ1v) is 10.8. The Kier molecular flexibility index (Phi) is 7.37. The topological polar surface area (TPSA) is 56.5 Å². The van der Waals surface area contributed by atoms with E-state index in [2.05, 4.69) is 27.5 Å². The summed E-state index contributed by atoms with van der Waals surface area (Å²) < 4.78 is 41.0. The van der Waals surface area contributed by atoms with Gasteiger partial charge in [0.05, 0.1) is 11.6 Å². The fourth-order valence-electron chi connectivity index (χ4n) is 3.40. The van der Waals surface area contributed by atoms with Crippen LogP contribution in [0.3, 0.4) is 0 Å². The molecule has 0 saturated heterocycles. The third kappa shape index (κ3) is 5.69. The van der Waals surface area contributed by atoms with Crippen LogP contribution in [-0.2, 0) is 38.1 Å². The number of halogens is 3. The van der Waals surface area contributed by atoms with E-state index < -0.39 is 17.2 Å². The fourth-order valence-corrected chi connectivity index (χ4v) is 3.40. The van der Waals surface area contributed by atoms with Crippen molar-refractivity contribution in [2.24, 2.45) is 0 Å². The van der Waals surface area contributed by atoms with Crippen molar-refractivity contribution >= 4 is 0 Å². The van der Waals surface area contributed by atoms with Crippen molar-refractivity contribution in [3.05, 3.63) is 89.8 Å². The van der Waals surface area contributed by atoms with Gasteiger partial charge in [-0.05, 0) is 42.7 Å². The Morgan fingerprint density at radius 3 is 2.14 bits per heavy atom. The molecule has 0 amide bonds. The second-order valence-corrected chi connectivity index (χ2v) is 9.60. The van der Waals surface area contributed by atoms with Crippen molar-refractivity contribution in [2.45, 2.75) is 51.6 Å². The molecule has 0 aliphatic carbocycles. The van der Waals surface area contributed by atoms with Gasteiger partial charge in [0, 0.05) is 23.1 Å². The second kappa shape index (κ2) is 9.65. The molecule has 5 nitrogen and oxygen atoms in total. The van der Waals surface area contributed by atoms with E-state index >= 15 is 0 Å². The van der Waals surface area contributed by atoms with E-state index in [1.165, 1.54) is 10.7 Å². The molecule has 0 saturated carbocycles. The molecule has 9 heteroatoms. The number of pyridine rings is 2. The van der Waals surface area contributed by atoms with Crippen molar-refractivity contribution in [1.29, 1.82) is 0 Å². The summed E-state index contributed by atoms with van der Waals surface area (Å²) in [7, 11) is 0. The van der Waals surface area contributed by atoms with Crippen LogP contribution in [0.2, 0.25) is 0 Å². The summed E-state index contributed by atoms with van der Waals surface area (Å²) in [4.78, 5) is 13.7. The molecule has 4 aromatic rings. The molecule has 3 heterocycles. The van der Waals surface area contributed by atoms with E-state index in [4.69, 9.17) is 4.98 Å². The van der Waals surface area contributed by atoms with Gasteiger partial charge in [-0.1, -0.05) is 45.0 Å². The van der Waals surface area contributed by atoms with Gasteiger partial charge in [-0.15, -0.1) is 29.8 Å². The fraction of sp³-hybridized carbons (Fsp3) is 0.308. The van der Waals surface area contributed by atoms with Crippen LogP contribution < -0.4 is 0 Å². The zero-order chi connectivity index (χ0) is 24.7. The molecule has 0 unspecified atom stereocenters. The molecule has 0 aliphatic heterocycles. The van der Waals surface area contributed by atoms with Crippen LogP contribution in [0.4, 0.5) is 13.2 Å². The average molecular weight is 659 g/mol. The number of nitrogens with zero attached hydrogens (tertiary/aromatic N) is 5. The molecular formula is C26H24F3N5Pt. The van der Waals surface area contributed by atoms with Crippen LogP contribution in [0.5, 0.6) is 0 Å². The van der Waals surface area contributed by atoms with Gasteiger partial charge < -0.3 is 14.6 Å². The van der Waals surface area contributed by atoms with Gasteiger partial charge in [0.25, 0.3) is 0 Å². The SMILES string of the molecule is CC(C)(C)c1n[c-]n(-c2cccc(C(C)(C)c3cccc(-c4[c-]ccc(C(F)(F)F)c4)n3)n2)n1.[Pt+2]. The zero-order valence-corrected chi connectivity index (χ0v) is 22.2. The summed E-state index contributed by atoms with van der Waals surface area (Å²) in [5.41, 5.74) is 0.487. The Morgan fingerprint density at radius 1 is 0.857 bits per heavy atom.